The van der Waals surface area contributed by atoms with E-state index in [4.69, 9.17) is 0 Å². The Kier molecular flexibility index (Phi) is 5.74. The summed E-state index contributed by atoms with van der Waals surface area (Å²) in [5, 5.41) is 2.64. The second-order valence-electron chi connectivity index (χ2n) is 7.07. The summed E-state index contributed by atoms with van der Waals surface area (Å²) < 4.78 is 27.7. The molecule has 32 heavy (non-hydrogen) atoms. The summed E-state index contributed by atoms with van der Waals surface area (Å²) in [6, 6.07) is 20.7. The van der Waals surface area contributed by atoms with Gasteiger partial charge in [0.2, 0.25) is 5.91 Å². The number of anilines is 2. The van der Waals surface area contributed by atoms with Gasteiger partial charge in [-0.25, -0.2) is 8.42 Å². The molecule has 0 aliphatic carbocycles. The molecule has 1 aliphatic heterocycles. The molecular formula is C23H19N3O5S. The molecule has 3 amide bonds. The molecule has 0 bridgehead atoms. The first-order chi connectivity index (χ1) is 15.4. The number of nitrogens with one attached hydrogen (secondary N) is 2. The summed E-state index contributed by atoms with van der Waals surface area (Å²) >= 11 is 0. The molecule has 3 aromatic rings. The van der Waals surface area contributed by atoms with Crippen LogP contribution in [0, 0.1) is 0 Å². The third kappa shape index (κ3) is 4.23. The minimum atomic E-state index is -3.84. The molecule has 0 atom stereocenters. The Morgan fingerprint density at radius 1 is 0.750 bits per heavy atom. The average Bonchev–Trinajstić information content (AvgIpc) is 3.04. The van der Waals surface area contributed by atoms with E-state index in [1.165, 1.54) is 18.2 Å². The van der Waals surface area contributed by atoms with Crippen LogP contribution in [0.3, 0.4) is 0 Å². The molecule has 0 saturated carbocycles. The minimum absolute atomic E-state index is 0.0872. The Hall–Kier alpha value is -3.98. The quantitative estimate of drug-likeness (QED) is 0.538. The number of carbonyl (C=O) groups excluding carboxylic acids is 3. The van der Waals surface area contributed by atoms with Crippen molar-refractivity contribution in [2.75, 3.05) is 16.6 Å². The lowest BCUT2D eigenvalue weighted by Gasteiger charge is -2.15. The normalized spacial score (nSPS) is 13.1. The molecule has 162 valence electrons. The highest BCUT2D eigenvalue weighted by atomic mass is 32.2. The SMILES string of the molecule is O=C(CCN1C(=O)c2ccccc2C1=O)Nc1ccccc1NS(=O)(=O)c1ccccc1. The number of amides is 3. The van der Waals surface area contributed by atoms with Gasteiger partial charge in [0.15, 0.2) is 0 Å². The highest BCUT2D eigenvalue weighted by molar-refractivity contribution is 7.92. The third-order valence-corrected chi connectivity index (χ3v) is 6.32. The van der Waals surface area contributed by atoms with E-state index in [-0.39, 0.29) is 29.2 Å². The molecule has 0 radical (unpaired) electrons. The second kappa shape index (κ2) is 8.64. The molecule has 9 heteroatoms. The van der Waals surface area contributed by atoms with E-state index < -0.39 is 27.7 Å². The van der Waals surface area contributed by atoms with Crippen molar-refractivity contribution in [1.29, 1.82) is 0 Å². The van der Waals surface area contributed by atoms with Crippen molar-refractivity contribution in [3.8, 4) is 0 Å². The third-order valence-electron chi connectivity index (χ3n) is 4.94. The summed E-state index contributed by atoms with van der Waals surface area (Å²) in [7, 11) is -3.84. The molecular weight excluding hydrogens is 430 g/mol. The maximum Gasteiger partial charge on any atom is 0.261 e. The van der Waals surface area contributed by atoms with Gasteiger partial charge in [-0.2, -0.15) is 0 Å². The van der Waals surface area contributed by atoms with Gasteiger partial charge in [-0.15, -0.1) is 0 Å². The Labute approximate surface area is 184 Å². The van der Waals surface area contributed by atoms with Gasteiger partial charge in [0.05, 0.1) is 27.4 Å². The van der Waals surface area contributed by atoms with Crippen molar-refractivity contribution in [2.45, 2.75) is 11.3 Å². The zero-order chi connectivity index (χ0) is 22.7. The zero-order valence-electron chi connectivity index (χ0n) is 16.8. The minimum Gasteiger partial charge on any atom is -0.324 e. The first kappa shape index (κ1) is 21.3. The summed E-state index contributed by atoms with van der Waals surface area (Å²) in [6.07, 6.45) is -0.134. The number of para-hydroxylation sites is 2. The number of benzene rings is 3. The number of fused-ring (bicyclic) bond motifs is 1. The zero-order valence-corrected chi connectivity index (χ0v) is 17.6. The lowest BCUT2D eigenvalue weighted by molar-refractivity contribution is -0.116. The summed E-state index contributed by atoms with van der Waals surface area (Å²) in [5.41, 5.74) is 1.10. The number of nitrogens with zero attached hydrogens (tertiary/aromatic N) is 1. The topological polar surface area (TPSA) is 113 Å². The van der Waals surface area contributed by atoms with Crippen LogP contribution < -0.4 is 10.0 Å². The van der Waals surface area contributed by atoms with E-state index in [9.17, 15) is 22.8 Å². The van der Waals surface area contributed by atoms with Crippen LogP contribution in [0.25, 0.3) is 0 Å². The standard InChI is InChI=1S/C23H19N3O5S/c27-21(14-15-26-22(28)17-10-4-5-11-18(17)23(26)29)24-19-12-6-7-13-20(19)25-32(30,31)16-8-2-1-3-9-16/h1-13,25H,14-15H2,(H,24,27). The van der Waals surface area contributed by atoms with E-state index in [1.54, 1.807) is 60.7 Å². The van der Waals surface area contributed by atoms with E-state index in [0.717, 1.165) is 4.90 Å². The van der Waals surface area contributed by atoms with Crippen molar-refractivity contribution < 1.29 is 22.8 Å². The summed E-state index contributed by atoms with van der Waals surface area (Å²) in [6.45, 7) is -0.0872. The van der Waals surface area contributed by atoms with Crippen molar-refractivity contribution in [3.63, 3.8) is 0 Å². The van der Waals surface area contributed by atoms with Gasteiger partial charge in [0.1, 0.15) is 0 Å². The molecule has 1 aliphatic rings. The van der Waals surface area contributed by atoms with Crippen molar-refractivity contribution >= 4 is 39.1 Å². The average molecular weight is 449 g/mol. The van der Waals surface area contributed by atoms with Crippen molar-refractivity contribution in [1.82, 2.24) is 4.90 Å². The van der Waals surface area contributed by atoms with E-state index in [1.807, 2.05) is 0 Å². The van der Waals surface area contributed by atoms with Crippen LogP contribution in [0.2, 0.25) is 0 Å². The number of sulfonamides is 1. The maximum absolute atomic E-state index is 12.6. The van der Waals surface area contributed by atoms with Crippen LogP contribution in [0.4, 0.5) is 11.4 Å². The molecule has 0 fully saturated rings. The van der Waals surface area contributed by atoms with Gasteiger partial charge in [-0.3, -0.25) is 24.0 Å². The predicted molar refractivity (Wildman–Crippen MR) is 119 cm³/mol. The summed E-state index contributed by atoms with van der Waals surface area (Å²) in [5.74, 6) is -1.34. The van der Waals surface area contributed by atoms with Crippen molar-refractivity contribution in [2.24, 2.45) is 0 Å². The Morgan fingerprint density at radius 2 is 1.28 bits per heavy atom. The fraction of sp³-hybridized carbons (Fsp3) is 0.0870. The van der Waals surface area contributed by atoms with Crippen LogP contribution in [0.15, 0.2) is 83.8 Å². The lowest BCUT2D eigenvalue weighted by atomic mass is 10.1. The number of rotatable bonds is 7. The van der Waals surface area contributed by atoms with Gasteiger partial charge in [0.25, 0.3) is 21.8 Å². The lowest BCUT2D eigenvalue weighted by Crippen LogP contribution is -2.33. The van der Waals surface area contributed by atoms with Gasteiger partial charge < -0.3 is 5.32 Å². The van der Waals surface area contributed by atoms with Crippen molar-refractivity contribution in [3.05, 3.63) is 90.0 Å². The molecule has 4 rings (SSSR count). The van der Waals surface area contributed by atoms with Crippen LogP contribution in [-0.2, 0) is 14.8 Å². The van der Waals surface area contributed by atoms with E-state index in [2.05, 4.69) is 10.0 Å². The smallest absolute Gasteiger partial charge is 0.261 e. The highest BCUT2D eigenvalue weighted by Gasteiger charge is 2.35. The monoisotopic (exact) mass is 449 g/mol. The number of imide groups is 1. The molecule has 8 nitrogen and oxygen atoms in total. The van der Waals surface area contributed by atoms with Crippen LogP contribution >= 0.6 is 0 Å². The predicted octanol–water partition coefficient (Wildman–Crippen LogP) is 3.11. The Bertz CT molecular complexity index is 1270. The van der Waals surface area contributed by atoms with Crippen LogP contribution in [0.1, 0.15) is 27.1 Å². The van der Waals surface area contributed by atoms with Gasteiger partial charge in [-0.05, 0) is 36.4 Å². The summed E-state index contributed by atoms with van der Waals surface area (Å²) in [4.78, 5) is 38.5. The number of hydrogen-bond acceptors (Lipinski definition) is 5. The highest BCUT2D eigenvalue weighted by Crippen LogP contribution is 2.25. The fourth-order valence-electron chi connectivity index (χ4n) is 3.35. The van der Waals surface area contributed by atoms with Gasteiger partial charge in [0, 0.05) is 13.0 Å². The number of carbonyl (C=O) groups is 3. The molecule has 1 heterocycles. The molecule has 0 spiro atoms. The van der Waals surface area contributed by atoms with E-state index >= 15 is 0 Å². The fourth-order valence-corrected chi connectivity index (χ4v) is 4.45. The first-order valence-corrected chi connectivity index (χ1v) is 11.3. The molecule has 0 saturated heterocycles. The molecule has 0 aromatic heterocycles. The van der Waals surface area contributed by atoms with Gasteiger partial charge >= 0.3 is 0 Å². The molecule has 2 N–H and O–H groups in total. The molecule has 3 aromatic carbocycles. The first-order valence-electron chi connectivity index (χ1n) is 9.79. The Balaban J connectivity index is 1.43. The number of hydrogen-bond donors (Lipinski definition) is 2. The Morgan fingerprint density at radius 3 is 1.91 bits per heavy atom. The van der Waals surface area contributed by atoms with Crippen LogP contribution in [-0.4, -0.2) is 37.6 Å². The van der Waals surface area contributed by atoms with Gasteiger partial charge in [-0.1, -0.05) is 42.5 Å². The maximum atomic E-state index is 12.6. The largest absolute Gasteiger partial charge is 0.324 e. The molecule has 0 unspecified atom stereocenters. The van der Waals surface area contributed by atoms with Crippen LogP contribution in [0.5, 0.6) is 0 Å². The second-order valence-corrected chi connectivity index (χ2v) is 8.75. The van der Waals surface area contributed by atoms with E-state index in [0.29, 0.717) is 11.1 Å².